The highest BCUT2D eigenvalue weighted by atomic mass is 16.5. The third kappa shape index (κ3) is 4.53. The number of aliphatic carboxylic acids is 1. The Hall–Kier alpha value is -1.55. The van der Waals surface area contributed by atoms with Crippen molar-refractivity contribution in [2.75, 3.05) is 6.61 Å². The highest BCUT2D eigenvalue weighted by Gasteiger charge is 2.27. The van der Waals surface area contributed by atoms with E-state index in [1.165, 1.54) is 5.56 Å². The van der Waals surface area contributed by atoms with Gasteiger partial charge < -0.3 is 15.2 Å². The first-order valence-electron chi connectivity index (χ1n) is 7.28. The first-order chi connectivity index (χ1) is 9.56. The van der Waals surface area contributed by atoms with Crippen LogP contribution in [-0.4, -0.2) is 29.8 Å². The number of carboxylic acids is 1. The van der Waals surface area contributed by atoms with Crippen LogP contribution in [0.15, 0.2) is 24.3 Å². The number of rotatable bonds is 8. The molecule has 1 aliphatic rings. The van der Waals surface area contributed by atoms with Crippen molar-refractivity contribution in [3.63, 3.8) is 0 Å². The first-order valence-corrected chi connectivity index (χ1v) is 7.28. The fraction of sp³-hybridized carbons (Fsp3) is 0.562. The maximum absolute atomic E-state index is 11.1. The van der Waals surface area contributed by atoms with Gasteiger partial charge in [-0.15, -0.1) is 0 Å². The van der Waals surface area contributed by atoms with Gasteiger partial charge in [-0.25, -0.2) is 0 Å². The molecule has 0 saturated heterocycles. The molecule has 1 atom stereocenters. The van der Waals surface area contributed by atoms with Crippen LogP contribution in [-0.2, 0) is 4.79 Å². The van der Waals surface area contributed by atoms with E-state index in [-0.39, 0.29) is 0 Å². The summed E-state index contributed by atoms with van der Waals surface area (Å²) in [7, 11) is 0. The lowest BCUT2D eigenvalue weighted by Gasteiger charge is -2.15. The van der Waals surface area contributed by atoms with E-state index in [1.54, 1.807) is 0 Å². The van der Waals surface area contributed by atoms with Crippen LogP contribution in [0.3, 0.4) is 0 Å². The average Bonchev–Trinajstić information content (AvgIpc) is 3.21. The number of carboxylic acid groups (broad SMARTS) is 1. The Kier molecular flexibility index (Phi) is 5.01. The molecule has 0 aliphatic heterocycles. The molecular formula is C16H23NO3. The zero-order valence-electron chi connectivity index (χ0n) is 12.1. The minimum absolute atomic E-state index is 0.389. The molecule has 4 heteroatoms. The summed E-state index contributed by atoms with van der Waals surface area (Å²) in [6, 6.07) is 7.87. The summed E-state index contributed by atoms with van der Waals surface area (Å²) in [5.74, 6) is 0.477. The second-order valence-corrected chi connectivity index (χ2v) is 5.70. The maximum Gasteiger partial charge on any atom is 0.320 e. The predicted octanol–water partition coefficient (Wildman–Crippen LogP) is 2.78. The fourth-order valence-corrected chi connectivity index (χ4v) is 2.07. The third-order valence-corrected chi connectivity index (χ3v) is 3.51. The van der Waals surface area contributed by atoms with E-state index in [2.05, 4.69) is 25.2 Å². The monoisotopic (exact) mass is 277 g/mol. The maximum atomic E-state index is 11.1. The minimum Gasteiger partial charge on any atom is -0.494 e. The third-order valence-electron chi connectivity index (χ3n) is 3.51. The van der Waals surface area contributed by atoms with Crippen LogP contribution in [0, 0.1) is 0 Å². The largest absolute Gasteiger partial charge is 0.494 e. The van der Waals surface area contributed by atoms with Crippen molar-refractivity contribution >= 4 is 5.97 Å². The van der Waals surface area contributed by atoms with E-state index in [0.717, 1.165) is 18.6 Å². The molecule has 1 aliphatic carbocycles. The molecule has 20 heavy (non-hydrogen) atoms. The molecular weight excluding hydrogens is 254 g/mol. The summed E-state index contributed by atoms with van der Waals surface area (Å²) >= 11 is 0. The molecule has 0 amide bonds. The number of hydrogen-bond acceptors (Lipinski definition) is 3. The van der Waals surface area contributed by atoms with Gasteiger partial charge in [0.1, 0.15) is 11.8 Å². The van der Waals surface area contributed by atoms with E-state index in [9.17, 15) is 4.79 Å². The molecule has 1 fully saturated rings. The molecule has 110 valence electrons. The van der Waals surface area contributed by atoms with Gasteiger partial charge in [0, 0.05) is 12.5 Å². The van der Waals surface area contributed by atoms with Crippen molar-refractivity contribution < 1.29 is 14.6 Å². The summed E-state index contributed by atoms with van der Waals surface area (Å²) in [5, 5.41) is 12.3. The van der Waals surface area contributed by atoms with Gasteiger partial charge in [-0.2, -0.15) is 0 Å². The lowest BCUT2D eigenvalue weighted by molar-refractivity contribution is -0.139. The van der Waals surface area contributed by atoms with Gasteiger partial charge in [0.2, 0.25) is 0 Å². The molecule has 1 aromatic rings. The zero-order valence-corrected chi connectivity index (χ0v) is 12.1. The van der Waals surface area contributed by atoms with E-state index >= 15 is 0 Å². The summed E-state index contributed by atoms with van der Waals surface area (Å²) in [6.07, 6.45) is 2.65. The molecule has 0 spiro atoms. The van der Waals surface area contributed by atoms with Crippen LogP contribution in [0.4, 0.5) is 0 Å². The van der Waals surface area contributed by atoms with Gasteiger partial charge in [-0.3, -0.25) is 4.79 Å². The molecule has 2 N–H and O–H groups in total. The van der Waals surface area contributed by atoms with Crippen LogP contribution in [0.25, 0.3) is 0 Å². The Morgan fingerprint density at radius 2 is 2.20 bits per heavy atom. The smallest absolute Gasteiger partial charge is 0.320 e. The van der Waals surface area contributed by atoms with E-state index in [1.807, 2.05) is 18.2 Å². The van der Waals surface area contributed by atoms with E-state index < -0.39 is 12.0 Å². The molecule has 0 heterocycles. The number of hydrogen-bond donors (Lipinski definition) is 2. The fourth-order valence-electron chi connectivity index (χ4n) is 2.07. The SMILES string of the molecule is CC(C)c1cccc(OCCC(NC2CC2)C(=O)O)c1. The highest BCUT2D eigenvalue weighted by Crippen LogP contribution is 2.21. The second kappa shape index (κ2) is 6.75. The molecule has 4 nitrogen and oxygen atoms in total. The highest BCUT2D eigenvalue weighted by molar-refractivity contribution is 5.73. The topological polar surface area (TPSA) is 58.6 Å². The van der Waals surface area contributed by atoms with Crippen LogP contribution in [0.1, 0.15) is 44.6 Å². The standard InChI is InChI=1S/C16H23NO3/c1-11(2)12-4-3-5-14(10-12)20-9-8-15(16(18)19)17-13-6-7-13/h3-5,10-11,13,15,17H,6-9H2,1-2H3,(H,18,19). The summed E-state index contributed by atoms with van der Waals surface area (Å²) in [4.78, 5) is 11.1. The van der Waals surface area contributed by atoms with E-state index in [0.29, 0.717) is 25.0 Å². The molecule has 0 aromatic heterocycles. The quantitative estimate of drug-likeness (QED) is 0.767. The molecule has 0 radical (unpaired) electrons. The second-order valence-electron chi connectivity index (χ2n) is 5.70. The first kappa shape index (κ1) is 14.9. The summed E-state index contributed by atoms with van der Waals surface area (Å²) in [6.45, 7) is 4.69. The van der Waals surface area contributed by atoms with Gasteiger partial charge in [0.05, 0.1) is 6.61 Å². The van der Waals surface area contributed by atoms with Crippen LogP contribution in [0.2, 0.25) is 0 Å². The van der Waals surface area contributed by atoms with Crippen molar-refractivity contribution in [1.82, 2.24) is 5.32 Å². The zero-order chi connectivity index (χ0) is 14.5. The van der Waals surface area contributed by atoms with Crippen molar-refractivity contribution in [2.45, 2.75) is 51.1 Å². The van der Waals surface area contributed by atoms with Gasteiger partial charge in [-0.05, 0) is 36.5 Å². The number of benzene rings is 1. The number of nitrogens with one attached hydrogen (secondary N) is 1. The Bertz CT molecular complexity index is 455. The Morgan fingerprint density at radius 1 is 1.45 bits per heavy atom. The Morgan fingerprint density at radius 3 is 2.80 bits per heavy atom. The average molecular weight is 277 g/mol. The summed E-state index contributed by atoms with van der Waals surface area (Å²) in [5.41, 5.74) is 1.23. The summed E-state index contributed by atoms with van der Waals surface area (Å²) < 4.78 is 5.68. The van der Waals surface area contributed by atoms with Crippen molar-refractivity contribution in [1.29, 1.82) is 0 Å². The van der Waals surface area contributed by atoms with Gasteiger partial charge >= 0.3 is 5.97 Å². The van der Waals surface area contributed by atoms with Crippen molar-refractivity contribution in [2.24, 2.45) is 0 Å². The Balaban J connectivity index is 1.81. The molecule has 0 bridgehead atoms. The van der Waals surface area contributed by atoms with Gasteiger partial charge in [0.15, 0.2) is 0 Å². The predicted molar refractivity (Wildman–Crippen MR) is 78.2 cm³/mol. The van der Waals surface area contributed by atoms with Crippen LogP contribution in [0.5, 0.6) is 5.75 Å². The lowest BCUT2D eigenvalue weighted by atomic mass is 10.0. The van der Waals surface area contributed by atoms with Gasteiger partial charge in [0.25, 0.3) is 0 Å². The minimum atomic E-state index is -0.795. The molecule has 1 saturated carbocycles. The van der Waals surface area contributed by atoms with Gasteiger partial charge in [-0.1, -0.05) is 26.0 Å². The van der Waals surface area contributed by atoms with Crippen LogP contribution < -0.4 is 10.1 Å². The molecule has 1 unspecified atom stereocenters. The Labute approximate surface area is 120 Å². The van der Waals surface area contributed by atoms with Crippen LogP contribution >= 0.6 is 0 Å². The van der Waals surface area contributed by atoms with E-state index in [4.69, 9.17) is 9.84 Å². The number of ether oxygens (including phenoxy) is 1. The van der Waals surface area contributed by atoms with Crippen molar-refractivity contribution in [3.05, 3.63) is 29.8 Å². The molecule has 2 rings (SSSR count). The lowest BCUT2D eigenvalue weighted by Crippen LogP contribution is -2.39. The number of carbonyl (C=O) groups is 1. The molecule has 1 aromatic carbocycles. The normalized spacial score (nSPS) is 16.1. The van der Waals surface area contributed by atoms with Crippen molar-refractivity contribution in [3.8, 4) is 5.75 Å².